The number of hydrogen-bond acceptors (Lipinski definition) is 4. The van der Waals surface area contributed by atoms with Crippen LogP contribution in [-0.2, 0) is 9.53 Å². The SMILES string of the molecule is CCC1(N2CCOCC2)CCN(N)C1=O. The summed E-state index contributed by atoms with van der Waals surface area (Å²) in [6.45, 7) is 5.86. The number of morpholine rings is 1. The first kappa shape index (κ1) is 10.9. The number of rotatable bonds is 2. The van der Waals surface area contributed by atoms with Gasteiger partial charge in [0.2, 0.25) is 0 Å². The van der Waals surface area contributed by atoms with E-state index in [0.29, 0.717) is 6.54 Å². The Balaban J connectivity index is 2.17. The fourth-order valence-electron chi connectivity index (χ4n) is 2.62. The number of hydrazine groups is 1. The Bertz CT molecular complexity index is 253. The second kappa shape index (κ2) is 4.08. The maximum absolute atomic E-state index is 12.1. The molecule has 0 bridgehead atoms. The number of ether oxygens (including phenoxy) is 1. The third-order valence-corrected chi connectivity index (χ3v) is 3.63. The molecule has 5 heteroatoms. The van der Waals surface area contributed by atoms with Gasteiger partial charge in [-0.3, -0.25) is 14.7 Å². The minimum Gasteiger partial charge on any atom is -0.379 e. The van der Waals surface area contributed by atoms with Crippen molar-refractivity contribution in [2.45, 2.75) is 25.3 Å². The van der Waals surface area contributed by atoms with Crippen LogP contribution in [0.25, 0.3) is 0 Å². The molecule has 2 heterocycles. The molecule has 0 aliphatic carbocycles. The number of hydrogen-bond donors (Lipinski definition) is 1. The van der Waals surface area contributed by atoms with Gasteiger partial charge in [0.25, 0.3) is 5.91 Å². The minimum absolute atomic E-state index is 0.0758. The van der Waals surface area contributed by atoms with E-state index in [4.69, 9.17) is 10.6 Å². The summed E-state index contributed by atoms with van der Waals surface area (Å²) >= 11 is 0. The lowest BCUT2D eigenvalue weighted by Crippen LogP contribution is -2.58. The number of amides is 1. The van der Waals surface area contributed by atoms with Crippen LogP contribution in [0.1, 0.15) is 19.8 Å². The zero-order valence-electron chi connectivity index (χ0n) is 9.24. The molecule has 2 rings (SSSR count). The number of carbonyl (C=O) groups excluding carboxylic acids is 1. The molecule has 0 spiro atoms. The van der Waals surface area contributed by atoms with Gasteiger partial charge in [0.1, 0.15) is 5.54 Å². The van der Waals surface area contributed by atoms with Crippen molar-refractivity contribution in [3.8, 4) is 0 Å². The van der Waals surface area contributed by atoms with Crippen LogP contribution in [0, 0.1) is 0 Å². The zero-order valence-corrected chi connectivity index (χ0v) is 9.24. The van der Waals surface area contributed by atoms with Gasteiger partial charge in [-0.25, -0.2) is 5.84 Å². The molecule has 0 aromatic carbocycles. The molecule has 1 unspecified atom stereocenters. The summed E-state index contributed by atoms with van der Waals surface area (Å²) in [6.07, 6.45) is 1.68. The Morgan fingerprint density at radius 1 is 1.40 bits per heavy atom. The van der Waals surface area contributed by atoms with E-state index in [1.54, 1.807) is 0 Å². The summed E-state index contributed by atoms with van der Waals surface area (Å²) in [6, 6.07) is 0. The average molecular weight is 213 g/mol. The Morgan fingerprint density at radius 3 is 2.53 bits per heavy atom. The van der Waals surface area contributed by atoms with Crippen LogP contribution in [0.3, 0.4) is 0 Å². The average Bonchev–Trinajstić information content (AvgIpc) is 2.59. The standard InChI is InChI=1S/C10H19N3O2/c1-2-10(3-4-13(11)9(10)14)12-5-7-15-8-6-12/h2-8,11H2,1H3. The second-order valence-corrected chi connectivity index (χ2v) is 4.23. The smallest absolute Gasteiger partial charge is 0.257 e. The van der Waals surface area contributed by atoms with E-state index in [0.717, 1.165) is 39.1 Å². The van der Waals surface area contributed by atoms with E-state index in [2.05, 4.69) is 11.8 Å². The summed E-state index contributed by atoms with van der Waals surface area (Å²) in [5.41, 5.74) is -0.349. The van der Waals surface area contributed by atoms with Crippen LogP contribution in [0.15, 0.2) is 0 Å². The first-order valence-electron chi connectivity index (χ1n) is 5.60. The molecule has 2 aliphatic heterocycles. The van der Waals surface area contributed by atoms with E-state index in [-0.39, 0.29) is 11.4 Å². The molecule has 2 aliphatic rings. The van der Waals surface area contributed by atoms with Crippen molar-refractivity contribution in [1.29, 1.82) is 0 Å². The number of nitrogens with zero attached hydrogens (tertiary/aromatic N) is 2. The first-order chi connectivity index (χ1) is 7.20. The summed E-state index contributed by atoms with van der Waals surface area (Å²) in [4.78, 5) is 14.3. The van der Waals surface area contributed by atoms with Gasteiger partial charge in [-0.15, -0.1) is 0 Å². The van der Waals surface area contributed by atoms with Crippen molar-refractivity contribution in [3.63, 3.8) is 0 Å². The Morgan fingerprint density at radius 2 is 2.07 bits per heavy atom. The van der Waals surface area contributed by atoms with Gasteiger partial charge in [-0.05, 0) is 12.8 Å². The van der Waals surface area contributed by atoms with Gasteiger partial charge in [0.15, 0.2) is 0 Å². The van der Waals surface area contributed by atoms with Crippen LogP contribution < -0.4 is 5.84 Å². The minimum atomic E-state index is -0.349. The molecule has 86 valence electrons. The van der Waals surface area contributed by atoms with E-state index >= 15 is 0 Å². The fourth-order valence-corrected chi connectivity index (χ4v) is 2.62. The Labute approximate surface area is 90.1 Å². The van der Waals surface area contributed by atoms with Crippen molar-refractivity contribution in [2.24, 2.45) is 5.84 Å². The molecule has 5 nitrogen and oxygen atoms in total. The molecule has 0 aromatic rings. The zero-order chi connectivity index (χ0) is 10.9. The fraction of sp³-hybridized carbons (Fsp3) is 0.900. The van der Waals surface area contributed by atoms with Gasteiger partial charge >= 0.3 is 0 Å². The lowest BCUT2D eigenvalue weighted by atomic mass is 9.91. The van der Waals surface area contributed by atoms with Crippen LogP contribution in [0.2, 0.25) is 0 Å². The topological polar surface area (TPSA) is 58.8 Å². The van der Waals surface area contributed by atoms with E-state index < -0.39 is 0 Å². The molecule has 15 heavy (non-hydrogen) atoms. The first-order valence-corrected chi connectivity index (χ1v) is 5.60. The van der Waals surface area contributed by atoms with Crippen LogP contribution in [0.5, 0.6) is 0 Å². The lowest BCUT2D eigenvalue weighted by molar-refractivity contribution is -0.141. The van der Waals surface area contributed by atoms with Gasteiger partial charge in [-0.1, -0.05) is 6.92 Å². The predicted molar refractivity (Wildman–Crippen MR) is 55.9 cm³/mol. The molecule has 0 saturated carbocycles. The van der Waals surface area contributed by atoms with Crippen LogP contribution in [0.4, 0.5) is 0 Å². The quantitative estimate of drug-likeness (QED) is 0.499. The largest absolute Gasteiger partial charge is 0.379 e. The highest BCUT2D eigenvalue weighted by molar-refractivity contribution is 5.88. The van der Waals surface area contributed by atoms with Crippen molar-refractivity contribution in [3.05, 3.63) is 0 Å². The van der Waals surface area contributed by atoms with E-state index in [1.165, 1.54) is 5.01 Å². The monoisotopic (exact) mass is 213 g/mol. The van der Waals surface area contributed by atoms with Crippen molar-refractivity contribution in [1.82, 2.24) is 9.91 Å². The summed E-state index contributed by atoms with van der Waals surface area (Å²) in [5.74, 6) is 5.74. The molecular weight excluding hydrogens is 194 g/mol. The molecule has 0 radical (unpaired) electrons. The van der Waals surface area contributed by atoms with E-state index in [1.807, 2.05) is 0 Å². The van der Waals surface area contributed by atoms with Crippen molar-refractivity contribution in [2.75, 3.05) is 32.8 Å². The van der Waals surface area contributed by atoms with Gasteiger partial charge in [-0.2, -0.15) is 0 Å². The number of carbonyl (C=O) groups is 1. The highest BCUT2D eigenvalue weighted by atomic mass is 16.5. The molecule has 2 N–H and O–H groups in total. The van der Waals surface area contributed by atoms with Crippen molar-refractivity contribution >= 4 is 5.91 Å². The molecule has 1 amide bonds. The summed E-state index contributed by atoms with van der Waals surface area (Å²) in [7, 11) is 0. The molecule has 0 aromatic heterocycles. The van der Waals surface area contributed by atoms with Gasteiger partial charge in [0.05, 0.1) is 13.2 Å². The van der Waals surface area contributed by atoms with Crippen LogP contribution in [-0.4, -0.2) is 54.2 Å². The molecule has 2 fully saturated rings. The highest BCUT2D eigenvalue weighted by Gasteiger charge is 2.48. The van der Waals surface area contributed by atoms with E-state index in [9.17, 15) is 4.79 Å². The summed E-state index contributed by atoms with van der Waals surface area (Å²) in [5, 5.41) is 1.36. The highest BCUT2D eigenvalue weighted by Crippen LogP contribution is 2.31. The van der Waals surface area contributed by atoms with Gasteiger partial charge < -0.3 is 4.74 Å². The molecule has 2 saturated heterocycles. The predicted octanol–water partition coefficient (Wildman–Crippen LogP) is -0.427. The molecule has 1 atom stereocenters. The molecular formula is C10H19N3O2. The van der Waals surface area contributed by atoms with Gasteiger partial charge in [0, 0.05) is 19.6 Å². The van der Waals surface area contributed by atoms with Crippen LogP contribution >= 0.6 is 0 Å². The summed E-state index contributed by atoms with van der Waals surface area (Å²) < 4.78 is 5.31. The third kappa shape index (κ3) is 1.64. The lowest BCUT2D eigenvalue weighted by Gasteiger charge is -2.40. The third-order valence-electron chi connectivity index (χ3n) is 3.63. The Hall–Kier alpha value is -0.650. The Kier molecular flexibility index (Phi) is 2.95. The maximum atomic E-state index is 12.1. The van der Waals surface area contributed by atoms with Crippen molar-refractivity contribution < 1.29 is 9.53 Å². The maximum Gasteiger partial charge on any atom is 0.257 e. The number of nitrogens with two attached hydrogens (primary N) is 1. The second-order valence-electron chi connectivity index (χ2n) is 4.23. The normalized spacial score (nSPS) is 33.7.